The molecule has 0 spiro atoms. The molecule has 0 aliphatic heterocycles. The highest BCUT2D eigenvalue weighted by atomic mass is 79.9. The van der Waals surface area contributed by atoms with Gasteiger partial charge in [0.1, 0.15) is 5.82 Å². The maximum Gasteiger partial charge on any atom is 0.434 e. The molecule has 0 radical (unpaired) electrons. The van der Waals surface area contributed by atoms with E-state index in [1.165, 1.54) is 4.57 Å². The van der Waals surface area contributed by atoms with Gasteiger partial charge >= 0.3 is 6.18 Å². The van der Waals surface area contributed by atoms with Crippen LogP contribution < -0.4 is 0 Å². The SMILES string of the molecule is CCn1cc(C(F)(F)F)nc1-c1ccc(CBr)cc1. The van der Waals surface area contributed by atoms with Gasteiger partial charge in [0.15, 0.2) is 5.69 Å². The molecule has 0 amide bonds. The van der Waals surface area contributed by atoms with Crippen molar-refractivity contribution < 1.29 is 13.2 Å². The molecular weight excluding hydrogens is 321 g/mol. The van der Waals surface area contributed by atoms with Gasteiger partial charge in [-0.15, -0.1) is 0 Å². The quantitative estimate of drug-likeness (QED) is 0.757. The van der Waals surface area contributed by atoms with Crippen LogP contribution in [0.2, 0.25) is 0 Å². The highest BCUT2D eigenvalue weighted by molar-refractivity contribution is 9.08. The number of imidazole rings is 1. The van der Waals surface area contributed by atoms with Crippen LogP contribution in [0.5, 0.6) is 0 Å². The monoisotopic (exact) mass is 332 g/mol. The van der Waals surface area contributed by atoms with Crippen LogP contribution >= 0.6 is 15.9 Å². The number of halogens is 4. The summed E-state index contributed by atoms with van der Waals surface area (Å²) < 4.78 is 39.5. The number of hydrogen-bond acceptors (Lipinski definition) is 1. The van der Waals surface area contributed by atoms with Crippen molar-refractivity contribution in [2.24, 2.45) is 0 Å². The van der Waals surface area contributed by atoms with Gasteiger partial charge in [0.2, 0.25) is 0 Å². The Labute approximate surface area is 117 Å². The Hall–Kier alpha value is -1.30. The van der Waals surface area contributed by atoms with Crippen molar-refractivity contribution in [3.8, 4) is 11.4 Å². The number of aromatic nitrogens is 2. The lowest BCUT2D eigenvalue weighted by atomic mass is 10.1. The third-order valence-corrected chi connectivity index (χ3v) is 3.42. The molecule has 2 nitrogen and oxygen atoms in total. The summed E-state index contributed by atoms with van der Waals surface area (Å²) in [4.78, 5) is 3.70. The van der Waals surface area contributed by atoms with Crippen LogP contribution in [-0.2, 0) is 18.1 Å². The van der Waals surface area contributed by atoms with Crippen molar-refractivity contribution in [3.63, 3.8) is 0 Å². The van der Waals surface area contributed by atoms with Gasteiger partial charge in [0.25, 0.3) is 0 Å². The number of rotatable bonds is 3. The molecule has 0 N–H and O–H groups in total. The zero-order valence-corrected chi connectivity index (χ0v) is 11.8. The summed E-state index contributed by atoms with van der Waals surface area (Å²) in [6.07, 6.45) is -3.36. The average molecular weight is 333 g/mol. The molecule has 0 saturated carbocycles. The Morgan fingerprint density at radius 1 is 1.21 bits per heavy atom. The molecule has 1 aromatic heterocycles. The second kappa shape index (κ2) is 5.36. The summed E-state index contributed by atoms with van der Waals surface area (Å²) in [5.74, 6) is 0.343. The molecule has 2 aromatic rings. The predicted octanol–water partition coefficient (Wildman–Crippen LogP) is 4.48. The second-order valence-electron chi connectivity index (χ2n) is 4.06. The molecule has 1 aromatic carbocycles. The average Bonchev–Trinajstić information content (AvgIpc) is 2.83. The molecule has 19 heavy (non-hydrogen) atoms. The Morgan fingerprint density at radius 3 is 2.32 bits per heavy atom. The van der Waals surface area contributed by atoms with Crippen LogP contribution in [0, 0.1) is 0 Å². The fourth-order valence-electron chi connectivity index (χ4n) is 1.77. The van der Waals surface area contributed by atoms with Crippen LogP contribution in [0.15, 0.2) is 30.5 Å². The van der Waals surface area contributed by atoms with Crippen LogP contribution in [0.4, 0.5) is 13.2 Å². The molecule has 0 bridgehead atoms. The first-order valence-electron chi connectivity index (χ1n) is 5.75. The van der Waals surface area contributed by atoms with Gasteiger partial charge in [-0.05, 0) is 12.5 Å². The van der Waals surface area contributed by atoms with E-state index < -0.39 is 11.9 Å². The number of aryl methyl sites for hydroxylation is 1. The summed E-state index contributed by atoms with van der Waals surface area (Å²) in [7, 11) is 0. The highest BCUT2D eigenvalue weighted by Gasteiger charge is 2.34. The Kier molecular flexibility index (Phi) is 3.99. The summed E-state index contributed by atoms with van der Waals surface area (Å²) in [6.45, 7) is 2.23. The molecule has 0 fully saturated rings. The standard InChI is InChI=1S/C13H12BrF3N2/c1-2-19-8-11(13(15,16)17)18-12(19)10-5-3-9(7-14)4-6-10/h3-6,8H,2,7H2,1H3. The van der Waals surface area contributed by atoms with Crippen LogP contribution in [0.25, 0.3) is 11.4 Å². The smallest absolute Gasteiger partial charge is 0.331 e. The minimum Gasteiger partial charge on any atom is -0.331 e. The molecule has 0 aliphatic rings. The fraction of sp³-hybridized carbons (Fsp3) is 0.308. The molecule has 102 valence electrons. The van der Waals surface area contributed by atoms with Gasteiger partial charge in [-0.1, -0.05) is 40.2 Å². The molecule has 2 rings (SSSR count). The first kappa shape index (κ1) is 14.1. The summed E-state index contributed by atoms with van der Waals surface area (Å²) in [6, 6.07) is 7.30. The van der Waals surface area contributed by atoms with Crippen molar-refractivity contribution in [1.29, 1.82) is 0 Å². The minimum absolute atomic E-state index is 0.343. The van der Waals surface area contributed by atoms with E-state index in [-0.39, 0.29) is 0 Å². The van der Waals surface area contributed by atoms with E-state index in [2.05, 4.69) is 20.9 Å². The van der Waals surface area contributed by atoms with Crippen molar-refractivity contribution in [1.82, 2.24) is 9.55 Å². The third-order valence-electron chi connectivity index (χ3n) is 2.77. The first-order valence-corrected chi connectivity index (χ1v) is 6.87. The first-order chi connectivity index (χ1) is 8.95. The lowest BCUT2D eigenvalue weighted by Crippen LogP contribution is -2.05. The van der Waals surface area contributed by atoms with E-state index in [0.717, 1.165) is 11.8 Å². The molecular formula is C13H12BrF3N2. The van der Waals surface area contributed by atoms with Crippen LogP contribution in [0.1, 0.15) is 18.2 Å². The van der Waals surface area contributed by atoms with E-state index in [1.54, 1.807) is 19.1 Å². The summed E-state index contributed by atoms with van der Waals surface area (Å²) in [5, 5.41) is 0.712. The maximum atomic E-state index is 12.7. The van der Waals surface area contributed by atoms with Gasteiger partial charge in [-0.25, -0.2) is 4.98 Å². The summed E-state index contributed by atoms with van der Waals surface area (Å²) in [5.41, 5.74) is 0.894. The maximum absolute atomic E-state index is 12.7. The summed E-state index contributed by atoms with van der Waals surface area (Å²) >= 11 is 3.33. The zero-order chi connectivity index (χ0) is 14.0. The predicted molar refractivity (Wildman–Crippen MR) is 71.0 cm³/mol. The van der Waals surface area contributed by atoms with E-state index in [9.17, 15) is 13.2 Å². The Morgan fingerprint density at radius 2 is 1.84 bits per heavy atom. The van der Waals surface area contributed by atoms with Crippen molar-refractivity contribution in [2.75, 3.05) is 0 Å². The van der Waals surface area contributed by atoms with E-state index in [4.69, 9.17) is 0 Å². The van der Waals surface area contributed by atoms with Gasteiger partial charge in [-0.2, -0.15) is 13.2 Å². The van der Waals surface area contributed by atoms with E-state index in [0.29, 0.717) is 23.3 Å². The van der Waals surface area contributed by atoms with Gasteiger partial charge in [0, 0.05) is 23.6 Å². The minimum atomic E-state index is -4.41. The number of nitrogens with zero attached hydrogens (tertiary/aromatic N) is 2. The highest BCUT2D eigenvalue weighted by Crippen LogP contribution is 2.31. The topological polar surface area (TPSA) is 17.8 Å². The second-order valence-corrected chi connectivity index (χ2v) is 4.62. The van der Waals surface area contributed by atoms with E-state index in [1.807, 2.05) is 12.1 Å². The number of benzene rings is 1. The van der Waals surface area contributed by atoms with Crippen molar-refractivity contribution in [3.05, 3.63) is 41.7 Å². The zero-order valence-electron chi connectivity index (χ0n) is 10.2. The van der Waals surface area contributed by atoms with Gasteiger partial charge < -0.3 is 4.57 Å². The lowest BCUT2D eigenvalue weighted by Gasteiger charge is -2.04. The Balaban J connectivity index is 2.45. The molecule has 0 unspecified atom stereocenters. The molecule has 6 heteroatoms. The molecule has 1 heterocycles. The Bertz CT molecular complexity index is 558. The third kappa shape index (κ3) is 3.00. The van der Waals surface area contributed by atoms with E-state index >= 15 is 0 Å². The van der Waals surface area contributed by atoms with Crippen molar-refractivity contribution >= 4 is 15.9 Å². The molecule has 0 saturated heterocycles. The number of alkyl halides is 4. The largest absolute Gasteiger partial charge is 0.434 e. The number of hydrogen-bond donors (Lipinski definition) is 0. The van der Waals surface area contributed by atoms with Crippen LogP contribution in [0.3, 0.4) is 0 Å². The fourth-order valence-corrected chi connectivity index (χ4v) is 2.14. The van der Waals surface area contributed by atoms with Crippen LogP contribution in [-0.4, -0.2) is 9.55 Å². The molecule has 0 atom stereocenters. The van der Waals surface area contributed by atoms with Gasteiger partial charge in [0.05, 0.1) is 0 Å². The van der Waals surface area contributed by atoms with Gasteiger partial charge in [-0.3, -0.25) is 0 Å². The molecule has 0 aliphatic carbocycles. The lowest BCUT2D eigenvalue weighted by molar-refractivity contribution is -0.140. The normalized spacial score (nSPS) is 11.8. The van der Waals surface area contributed by atoms with Crippen molar-refractivity contribution in [2.45, 2.75) is 25.0 Å².